The molecule has 3 amide bonds. The Bertz CT molecular complexity index is 794. The third-order valence-corrected chi connectivity index (χ3v) is 6.30. The van der Waals surface area contributed by atoms with Crippen LogP contribution in [0.4, 0.5) is 0 Å². The first-order chi connectivity index (χ1) is 13.5. The lowest BCUT2D eigenvalue weighted by molar-refractivity contribution is -0.136. The monoisotopic (exact) mass is 384 g/mol. The van der Waals surface area contributed by atoms with Gasteiger partial charge in [0.2, 0.25) is 11.8 Å². The van der Waals surface area contributed by atoms with E-state index in [2.05, 4.69) is 16.7 Å². The van der Waals surface area contributed by atoms with Crippen molar-refractivity contribution in [1.82, 2.24) is 15.5 Å². The molecule has 4 N–H and O–H groups in total. The van der Waals surface area contributed by atoms with Crippen molar-refractivity contribution >= 4 is 17.7 Å². The van der Waals surface area contributed by atoms with Crippen molar-refractivity contribution in [3.8, 4) is 0 Å². The molecule has 3 unspecified atom stereocenters. The standard InChI is InChI=1S/C21H28N4O3/c22-8-7-13-1-3-16(10-13)23-11-14-2-4-17-15(9-14)12-25(21(17)28)18-5-6-19(26)24-20(18)27/h2,4,9,13,16,18,23H,1,3,5-8,10-12,22H2,(H,24,26,27). The Morgan fingerprint density at radius 3 is 2.82 bits per heavy atom. The molecule has 3 aliphatic rings. The van der Waals surface area contributed by atoms with Gasteiger partial charge in [-0.05, 0) is 61.8 Å². The number of nitrogens with one attached hydrogen (secondary N) is 2. The SMILES string of the molecule is NCCC1CCC(NCc2ccc3c(c2)CN(C2CCC(=O)NC2=O)C3=O)C1. The lowest BCUT2D eigenvalue weighted by Gasteiger charge is -2.29. The van der Waals surface area contributed by atoms with E-state index in [-0.39, 0.29) is 24.1 Å². The van der Waals surface area contributed by atoms with Gasteiger partial charge in [0.1, 0.15) is 6.04 Å². The fraction of sp³-hybridized carbons (Fsp3) is 0.571. The van der Waals surface area contributed by atoms with Crippen molar-refractivity contribution in [2.45, 2.75) is 63.7 Å². The van der Waals surface area contributed by atoms with E-state index in [1.165, 1.54) is 19.3 Å². The van der Waals surface area contributed by atoms with Crippen LogP contribution in [0.5, 0.6) is 0 Å². The highest BCUT2D eigenvalue weighted by molar-refractivity contribution is 6.05. The molecule has 0 spiro atoms. The number of hydrogen-bond donors (Lipinski definition) is 3. The lowest BCUT2D eigenvalue weighted by atomic mass is 10.0. The first kappa shape index (κ1) is 19.1. The first-order valence-corrected chi connectivity index (χ1v) is 10.2. The summed E-state index contributed by atoms with van der Waals surface area (Å²) in [5, 5.41) is 5.97. The Hall–Kier alpha value is -2.25. The number of amides is 3. The van der Waals surface area contributed by atoms with Gasteiger partial charge in [-0.3, -0.25) is 19.7 Å². The summed E-state index contributed by atoms with van der Waals surface area (Å²) in [6, 6.07) is 5.90. The van der Waals surface area contributed by atoms with Gasteiger partial charge in [0, 0.05) is 31.1 Å². The van der Waals surface area contributed by atoms with E-state index in [0.717, 1.165) is 36.6 Å². The van der Waals surface area contributed by atoms with Gasteiger partial charge in [0.15, 0.2) is 0 Å². The predicted octanol–water partition coefficient (Wildman–Crippen LogP) is 1.05. The van der Waals surface area contributed by atoms with Gasteiger partial charge >= 0.3 is 0 Å². The Kier molecular flexibility index (Phi) is 5.46. The molecule has 0 bridgehead atoms. The molecule has 28 heavy (non-hydrogen) atoms. The van der Waals surface area contributed by atoms with Crippen molar-refractivity contribution in [3.63, 3.8) is 0 Å². The van der Waals surface area contributed by atoms with Crippen LogP contribution in [-0.2, 0) is 22.7 Å². The number of benzene rings is 1. The number of nitrogens with zero attached hydrogens (tertiary/aromatic N) is 1. The summed E-state index contributed by atoms with van der Waals surface area (Å²) in [7, 11) is 0. The Morgan fingerprint density at radius 1 is 1.18 bits per heavy atom. The second-order valence-electron chi connectivity index (χ2n) is 8.23. The van der Waals surface area contributed by atoms with Crippen LogP contribution in [0.15, 0.2) is 18.2 Å². The number of piperidine rings is 1. The maximum atomic E-state index is 12.7. The zero-order chi connectivity index (χ0) is 19.7. The average molecular weight is 384 g/mol. The first-order valence-electron chi connectivity index (χ1n) is 10.2. The van der Waals surface area contributed by atoms with Crippen molar-refractivity contribution in [1.29, 1.82) is 0 Å². The van der Waals surface area contributed by atoms with E-state index in [1.807, 2.05) is 12.1 Å². The summed E-state index contributed by atoms with van der Waals surface area (Å²) in [6.07, 6.45) is 5.40. The summed E-state index contributed by atoms with van der Waals surface area (Å²) in [6.45, 7) is 1.97. The lowest BCUT2D eigenvalue weighted by Crippen LogP contribution is -2.52. The van der Waals surface area contributed by atoms with Gasteiger partial charge in [-0.1, -0.05) is 12.1 Å². The van der Waals surface area contributed by atoms with Crippen LogP contribution in [0.2, 0.25) is 0 Å². The van der Waals surface area contributed by atoms with Crippen molar-refractivity contribution in [3.05, 3.63) is 34.9 Å². The topological polar surface area (TPSA) is 105 Å². The van der Waals surface area contributed by atoms with E-state index < -0.39 is 6.04 Å². The summed E-state index contributed by atoms with van der Waals surface area (Å²) in [5.41, 5.74) is 8.44. The molecular formula is C21H28N4O3. The highest BCUT2D eigenvalue weighted by Crippen LogP contribution is 2.30. The molecule has 1 saturated carbocycles. The molecule has 4 rings (SSSR count). The zero-order valence-corrected chi connectivity index (χ0v) is 16.1. The third kappa shape index (κ3) is 3.82. The fourth-order valence-electron chi connectivity index (χ4n) is 4.76. The minimum atomic E-state index is -0.558. The van der Waals surface area contributed by atoms with Gasteiger partial charge in [0.05, 0.1) is 0 Å². The largest absolute Gasteiger partial charge is 0.330 e. The van der Waals surface area contributed by atoms with Crippen molar-refractivity contribution in [2.24, 2.45) is 11.7 Å². The van der Waals surface area contributed by atoms with Gasteiger partial charge in [-0.25, -0.2) is 0 Å². The minimum Gasteiger partial charge on any atom is -0.330 e. The van der Waals surface area contributed by atoms with Crippen LogP contribution in [0.25, 0.3) is 0 Å². The maximum Gasteiger partial charge on any atom is 0.255 e. The number of fused-ring (bicyclic) bond motifs is 1. The molecule has 0 radical (unpaired) electrons. The number of hydrogen-bond acceptors (Lipinski definition) is 5. The molecule has 2 aliphatic heterocycles. The van der Waals surface area contributed by atoms with E-state index in [0.29, 0.717) is 24.6 Å². The van der Waals surface area contributed by atoms with Crippen LogP contribution in [-0.4, -0.2) is 41.2 Å². The Balaban J connectivity index is 1.37. The molecule has 1 saturated heterocycles. The molecule has 2 fully saturated rings. The van der Waals surface area contributed by atoms with Gasteiger partial charge in [-0.2, -0.15) is 0 Å². The van der Waals surface area contributed by atoms with E-state index in [9.17, 15) is 14.4 Å². The van der Waals surface area contributed by atoms with E-state index >= 15 is 0 Å². The molecular weight excluding hydrogens is 356 g/mol. The number of carbonyl (C=O) groups excluding carboxylic acids is 3. The van der Waals surface area contributed by atoms with Crippen molar-refractivity contribution in [2.75, 3.05) is 6.54 Å². The molecule has 150 valence electrons. The fourth-order valence-corrected chi connectivity index (χ4v) is 4.76. The number of imide groups is 1. The van der Waals surface area contributed by atoms with Gasteiger partial charge < -0.3 is 16.0 Å². The molecule has 7 heteroatoms. The number of carbonyl (C=O) groups is 3. The maximum absolute atomic E-state index is 12.7. The normalized spacial score (nSPS) is 27.2. The molecule has 0 aromatic heterocycles. The quantitative estimate of drug-likeness (QED) is 0.636. The van der Waals surface area contributed by atoms with E-state index in [1.54, 1.807) is 4.90 Å². The molecule has 1 aliphatic carbocycles. The number of rotatable bonds is 6. The van der Waals surface area contributed by atoms with Crippen LogP contribution in [0, 0.1) is 5.92 Å². The molecule has 2 heterocycles. The second kappa shape index (κ2) is 8.01. The number of nitrogens with two attached hydrogens (primary N) is 1. The summed E-state index contributed by atoms with van der Waals surface area (Å²) in [5.74, 6) is -0.0152. The van der Waals surface area contributed by atoms with Gasteiger partial charge in [-0.15, -0.1) is 0 Å². The molecule has 1 aromatic rings. The van der Waals surface area contributed by atoms with Gasteiger partial charge in [0.25, 0.3) is 5.91 Å². The Labute approximate surface area is 165 Å². The minimum absolute atomic E-state index is 0.121. The molecule has 1 aromatic carbocycles. The third-order valence-electron chi connectivity index (χ3n) is 6.30. The summed E-state index contributed by atoms with van der Waals surface area (Å²) in [4.78, 5) is 37.8. The predicted molar refractivity (Wildman–Crippen MR) is 104 cm³/mol. The molecule has 7 nitrogen and oxygen atoms in total. The van der Waals surface area contributed by atoms with Crippen molar-refractivity contribution < 1.29 is 14.4 Å². The average Bonchev–Trinajstić information content (AvgIpc) is 3.25. The van der Waals surface area contributed by atoms with Crippen LogP contribution in [0.3, 0.4) is 0 Å². The summed E-state index contributed by atoms with van der Waals surface area (Å²) < 4.78 is 0. The highest BCUT2D eigenvalue weighted by Gasteiger charge is 2.39. The smallest absolute Gasteiger partial charge is 0.255 e. The Morgan fingerprint density at radius 2 is 2.04 bits per heavy atom. The molecule has 3 atom stereocenters. The van der Waals surface area contributed by atoms with Crippen LogP contribution in [0.1, 0.15) is 60.0 Å². The second-order valence-corrected chi connectivity index (χ2v) is 8.23. The van der Waals surface area contributed by atoms with Crippen LogP contribution >= 0.6 is 0 Å². The van der Waals surface area contributed by atoms with Crippen LogP contribution < -0.4 is 16.4 Å². The van der Waals surface area contributed by atoms with E-state index in [4.69, 9.17) is 5.73 Å². The summed E-state index contributed by atoms with van der Waals surface area (Å²) >= 11 is 0. The highest BCUT2D eigenvalue weighted by atomic mass is 16.2. The zero-order valence-electron chi connectivity index (χ0n) is 16.1.